The van der Waals surface area contributed by atoms with Crippen molar-refractivity contribution < 1.29 is 13.2 Å². The van der Waals surface area contributed by atoms with Crippen molar-refractivity contribution in [3.63, 3.8) is 0 Å². The summed E-state index contributed by atoms with van der Waals surface area (Å²) in [4.78, 5) is 14.9. The molecule has 1 unspecified atom stereocenters. The molecule has 5 nitrogen and oxygen atoms in total. The summed E-state index contributed by atoms with van der Waals surface area (Å²) < 4.78 is 25.9. The van der Waals surface area contributed by atoms with Gasteiger partial charge < -0.3 is 4.79 Å². The Kier molecular flexibility index (Phi) is 4.66. The van der Waals surface area contributed by atoms with Gasteiger partial charge in [-0.2, -0.15) is 4.31 Å². The Morgan fingerprint density at radius 3 is 2.74 bits per heavy atom. The van der Waals surface area contributed by atoms with Crippen LogP contribution in [0.2, 0.25) is 0 Å². The van der Waals surface area contributed by atoms with Gasteiger partial charge in [0, 0.05) is 18.9 Å². The first-order chi connectivity index (χ1) is 9.13. The van der Waals surface area contributed by atoms with E-state index in [0.29, 0.717) is 19.4 Å². The van der Waals surface area contributed by atoms with Crippen molar-refractivity contribution in [3.8, 4) is 0 Å². The molecule has 1 atom stereocenters. The van der Waals surface area contributed by atoms with Crippen molar-refractivity contribution in [3.05, 3.63) is 30.1 Å². The van der Waals surface area contributed by atoms with Gasteiger partial charge in [-0.1, -0.05) is 6.42 Å². The van der Waals surface area contributed by atoms with Crippen LogP contribution in [0.25, 0.3) is 0 Å². The van der Waals surface area contributed by atoms with E-state index >= 15 is 0 Å². The highest BCUT2D eigenvalue weighted by atomic mass is 32.2. The summed E-state index contributed by atoms with van der Waals surface area (Å²) >= 11 is 0. The van der Waals surface area contributed by atoms with Crippen LogP contribution in [0.1, 0.15) is 24.8 Å². The molecule has 0 aromatic carbocycles. The first-order valence-corrected chi connectivity index (χ1v) is 8.08. The second-order valence-electron chi connectivity index (χ2n) is 4.73. The number of carbonyl (C=O) groups is 1. The standard InChI is InChI=1S/C13H18N2O3S/c16-11-13-3-1-2-9-15(13)19(17,18)10-6-12-4-7-14-8-5-12/h4-5,7-8,11,13H,1-3,6,9-10H2. The van der Waals surface area contributed by atoms with Gasteiger partial charge in [-0.3, -0.25) is 4.98 Å². The molecular formula is C13H18N2O3S. The molecule has 0 spiro atoms. The summed E-state index contributed by atoms with van der Waals surface area (Å²) in [6, 6.07) is 3.14. The molecule has 1 aromatic heterocycles. The molecule has 1 fully saturated rings. The van der Waals surface area contributed by atoms with Crippen LogP contribution >= 0.6 is 0 Å². The van der Waals surface area contributed by atoms with Crippen molar-refractivity contribution >= 4 is 16.3 Å². The maximum atomic E-state index is 12.3. The number of rotatable bonds is 5. The molecule has 6 heteroatoms. The highest BCUT2D eigenvalue weighted by Crippen LogP contribution is 2.20. The second-order valence-corrected chi connectivity index (χ2v) is 6.77. The van der Waals surface area contributed by atoms with Crippen molar-refractivity contribution in [2.75, 3.05) is 12.3 Å². The molecule has 2 rings (SSSR count). The van der Waals surface area contributed by atoms with Gasteiger partial charge >= 0.3 is 0 Å². The Hall–Kier alpha value is -1.27. The molecule has 1 aromatic rings. The summed E-state index contributed by atoms with van der Waals surface area (Å²) in [5.74, 6) is 0.0430. The van der Waals surface area contributed by atoms with E-state index in [-0.39, 0.29) is 5.75 Å². The predicted molar refractivity (Wildman–Crippen MR) is 72.1 cm³/mol. The zero-order valence-corrected chi connectivity index (χ0v) is 11.6. The highest BCUT2D eigenvalue weighted by molar-refractivity contribution is 7.89. The van der Waals surface area contributed by atoms with E-state index in [0.717, 1.165) is 24.7 Å². The zero-order chi connectivity index (χ0) is 13.7. The summed E-state index contributed by atoms with van der Waals surface area (Å²) in [5, 5.41) is 0. The minimum atomic E-state index is -3.36. The summed E-state index contributed by atoms with van der Waals surface area (Å²) in [7, 11) is -3.36. The smallest absolute Gasteiger partial charge is 0.215 e. The molecule has 0 aliphatic carbocycles. The van der Waals surface area contributed by atoms with Crippen LogP contribution in [0.5, 0.6) is 0 Å². The number of pyridine rings is 1. The molecule has 1 saturated heterocycles. The van der Waals surface area contributed by atoms with Crippen LogP contribution in [-0.4, -0.2) is 42.3 Å². The van der Waals surface area contributed by atoms with Crippen LogP contribution in [0.3, 0.4) is 0 Å². The summed E-state index contributed by atoms with van der Waals surface area (Å²) in [5.41, 5.74) is 0.943. The summed E-state index contributed by atoms with van der Waals surface area (Å²) in [6.07, 6.45) is 6.89. The number of hydrogen-bond acceptors (Lipinski definition) is 4. The van der Waals surface area contributed by atoms with E-state index in [2.05, 4.69) is 4.98 Å². The largest absolute Gasteiger partial charge is 0.302 e. The maximum Gasteiger partial charge on any atom is 0.215 e. The molecule has 0 bridgehead atoms. The molecule has 0 saturated carbocycles. The third kappa shape index (κ3) is 3.61. The molecule has 104 valence electrons. The first kappa shape index (κ1) is 14.1. The van der Waals surface area contributed by atoms with Gasteiger partial charge in [0.15, 0.2) is 0 Å². The lowest BCUT2D eigenvalue weighted by atomic mass is 10.1. The number of sulfonamides is 1. The Labute approximate surface area is 113 Å². The lowest BCUT2D eigenvalue weighted by molar-refractivity contribution is -0.111. The molecular weight excluding hydrogens is 264 g/mol. The molecule has 0 radical (unpaired) electrons. The summed E-state index contributed by atoms with van der Waals surface area (Å²) in [6.45, 7) is 0.460. The normalized spacial score (nSPS) is 21.2. The number of aldehydes is 1. The number of nitrogens with zero attached hydrogens (tertiary/aromatic N) is 2. The van der Waals surface area contributed by atoms with Crippen LogP contribution in [0.4, 0.5) is 0 Å². The van der Waals surface area contributed by atoms with Crippen LogP contribution in [0, 0.1) is 0 Å². The molecule has 1 aliphatic rings. The minimum Gasteiger partial charge on any atom is -0.302 e. The number of carbonyl (C=O) groups excluding carboxylic acids is 1. The maximum absolute atomic E-state index is 12.3. The molecule has 19 heavy (non-hydrogen) atoms. The van der Waals surface area contributed by atoms with Gasteiger partial charge in [0.2, 0.25) is 10.0 Å². The van der Waals surface area contributed by atoms with E-state index in [9.17, 15) is 13.2 Å². The third-order valence-corrected chi connectivity index (χ3v) is 5.30. The number of hydrogen-bond donors (Lipinski definition) is 0. The van der Waals surface area contributed by atoms with Gasteiger partial charge in [0.25, 0.3) is 0 Å². The molecule has 0 amide bonds. The van der Waals surface area contributed by atoms with E-state index < -0.39 is 16.1 Å². The van der Waals surface area contributed by atoms with Gasteiger partial charge in [-0.05, 0) is 37.0 Å². The lowest BCUT2D eigenvalue weighted by Gasteiger charge is -2.31. The van der Waals surface area contributed by atoms with E-state index in [1.165, 1.54) is 4.31 Å². The topological polar surface area (TPSA) is 67.3 Å². The average Bonchev–Trinajstić information content (AvgIpc) is 2.46. The Balaban J connectivity index is 2.03. The zero-order valence-electron chi connectivity index (χ0n) is 10.7. The predicted octanol–water partition coefficient (Wildman–Crippen LogP) is 1.01. The van der Waals surface area contributed by atoms with Crippen molar-refractivity contribution in [2.24, 2.45) is 0 Å². The number of aromatic nitrogens is 1. The fourth-order valence-electron chi connectivity index (χ4n) is 2.33. The van der Waals surface area contributed by atoms with E-state index in [1.54, 1.807) is 12.4 Å². The fraction of sp³-hybridized carbons (Fsp3) is 0.538. The van der Waals surface area contributed by atoms with Gasteiger partial charge in [0.05, 0.1) is 11.8 Å². The first-order valence-electron chi connectivity index (χ1n) is 6.47. The van der Waals surface area contributed by atoms with Crippen molar-refractivity contribution in [2.45, 2.75) is 31.7 Å². The van der Waals surface area contributed by atoms with Gasteiger partial charge in [0.1, 0.15) is 6.29 Å². The Morgan fingerprint density at radius 2 is 2.05 bits per heavy atom. The van der Waals surface area contributed by atoms with Crippen LogP contribution in [-0.2, 0) is 21.2 Å². The number of piperidine rings is 1. The van der Waals surface area contributed by atoms with E-state index in [4.69, 9.17) is 0 Å². The molecule has 0 N–H and O–H groups in total. The lowest BCUT2D eigenvalue weighted by Crippen LogP contribution is -2.45. The second kappa shape index (κ2) is 6.25. The van der Waals surface area contributed by atoms with Gasteiger partial charge in [-0.25, -0.2) is 8.42 Å². The fourth-order valence-corrected chi connectivity index (χ4v) is 4.03. The quantitative estimate of drug-likeness (QED) is 0.756. The molecule has 2 heterocycles. The van der Waals surface area contributed by atoms with Crippen molar-refractivity contribution in [1.82, 2.24) is 9.29 Å². The van der Waals surface area contributed by atoms with Crippen molar-refractivity contribution in [1.29, 1.82) is 0 Å². The Morgan fingerprint density at radius 1 is 1.32 bits per heavy atom. The van der Waals surface area contributed by atoms with Crippen LogP contribution in [0.15, 0.2) is 24.5 Å². The Bertz CT molecular complexity index is 516. The average molecular weight is 282 g/mol. The van der Waals surface area contributed by atoms with Gasteiger partial charge in [-0.15, -0.1) is 0 Å². The highest BCUT2D eigenvalue weighted by Gasteiger charge is 2.31. The molecule has 1 aliphatic heterocycles. The SMILES string of the molecule is O=CC1CCCCN1S(=O)(=O)CCc1ccncc1. The third-order valence-electron chi connectivity index (χ3n) is 3.41. The van der Waals surface area contributed by atoms with Crippen LogP contribution < -0.4 is 0 Å². The van der Waals surface area contributed by atoms with E-state index in [1.807, 2.05) is 12.1 Å². The number of aryl methyl sites for hydroxylation is 1. The minimum absolute atomic E-state index is 0.0430. The monoisotopic (exact) mass is 282 g/mol.